The lowest BCUT2D eigenvalue weighted by Crippen LogP contribution is -2.43. The molecule has 0 saturated carbocycles. The number of nitrogens with zero attached hydrogens (tertiary/aromatic N) is 1. The van der Waals surface area contributed by atoms with Gasteiger partial charge in [-0.25, -0.2) is 13.6 Å². The Morgan fingerprint density at radius 1 is 1.00 bits per heavy atom. The largest absolute Gasteiger partial charge is 0.497 e. The number of hydrogen-bond donors (Lipinski definition) is 2. The monoisotopic (exact) mass is 497 g/mol. The Kier molecular flexibility index (Phi) is 7.31. The van der Waals surface area contributed by atoms with Crippen molar-refractivity contribution >= 4 is 36.5 Å². The zero-order valence-electron chi connectivity index (χ0n) is 19.6. The number of urea groups is 1. The second-order valence-electron chi connectivity index (χ2n) is 8.33. The van der Waals surface area contributed by atoms with Gasteiger partial charge >= 0.3 is 6.03 Å². The van der Waals surface area contributed by atoms with E-state index >= 15 is 8.78 Å². The van der Waals surface area contributed by atoms with E-state index in [1.165, 1.54) is 17.0 Å². The van der Waals surface area contributed by atoms with E-state index in [9.17, 15) is 9.59 Å². The molecule has 1 aliphatic heterocycles. The highest BCUT2D eigenvalue weighted by molar-refractivity contribution is 7.64. The zero-order chi connectivity index (χ0) is 25.1. The minimum absolute atomic E-state index is 0.135. The summed E-state index contributed by atoms with van der Waals surface area (Å²) >= 11 is 0. The van der Waals surface area contributed by atoms with Crippen LogP contribution in [-0.2, 0) is 4.79 Å². The number of methoxy groups -OCH3 is 1. The maximum Gasteiger partial charge on any atom is 0.319 e. The Morgan fingerprint density at radius 3 is 2.40 bits per heavy atom. The van der Waals surface area contributed by atoms with Crippen LogP contribution in [0.5, 0.6) is 5.75 Å². The lowest BCUT2D eigenvalue weighted by atomic mass is 10.0. The highest BCUT2D eigenvalue weighted by Crippen LogP contribution is 2.35. The van der Waals surface area contributed by atoms with E-state index in [0.29, 0.717) is 17.0 Å². The van der Waals surface area contributed by atoms with Crippen molar-refractivity contribution in [2.75, 3.05) is 37.2 Å². The first kappa shape index (κ1) is 24.6. The van der Waals surface area contributed by atoms with Crippen LogP contribution in [0.4, 0.5) is 25.0 Å². The second kappa shape index (κ2) is 10.4. The van der Waals surface area contributed by atoms with Crippen molar-refractivity contribution < 1.29 is 23.1 Å². The zero-order valence-corrected chi connectivity index (χ0v) is 20.5. The summed E-state index contributed by atoms with van der Waals surface area (Å²) in [5, 5.41) is 6.23. The number of carbonyl (C=O) groups excluding carboxylic acids is 2. The van der Waals surface area contributed by atoms with Gasteiger partial charge in [-0.15, -0.1) is 0 Å². The Hall–Kier alpha value is -3.51. The molecule has 35 heavy (non-hydrogen) atoms. The maximum atomic E-state index is 15.2. The summed E-state index contributed by atoms with van der Waals surface area (Å²) in [6.07, 6.45) is 0.274. The van der Waals surface area contributed by atoms with Crippen LogP contribution in [-0.4, -0.2) is 45.0 Å². The van der Waals surface area contributed by atoms with Gasteiger partial charge in [-0.05, 0) is 67.0 Å². The fourth-order valence-corrected chi connectivity index (χ4v) is 5.16. The highest BCUT2D eigenvalue weighted by Gasteiger charge is 2.36. The molecule has 1 saturated heterocycles. The third kappa shape index (κ3) is 5.13. The van der Waals surface area contributed by atoms with Crippen LogP contribution in [0, 0.1) is 11.6 Å². The van der Waals surface area contributed by atoms with E-state index in [2.05, 4.69) is 24.0 Å². The highest BCUT2D eigenvalue weighted by atomic mass is 31.1. The topological polar surface area (TPSA) is 70.7 Å². The minimum Gasteiger partial charge on any atom is -0.497 e. The molecule has 3 aromatic rings. The first-order valence-corrected chi connectivity index (χ1v) is 13.3. The average molecular weight is 497 g/mol. The molecule has 6 nitrogen and oxygen atoms in total. The first-order valence-electron chi connectivity index (χ1n) is 11.1. The summed E-state index contributed by atoms with van der Waals surface area (Å²) in [4.78, 5) is 26.5. The van der Waals surface area contributed by atoms with Gasteiger partial charge in [0, 0.05) is 17.8 Å². The van der Waals surface area contributed by atoms with Crippen molar-refractivity contribution in [1.82, 2.24) is 5.32 Å². The fourth-order valence-electron chi connectivity index (χ4n) is 4.10. The summed E-state index contributed by atoms with van der Waals surface area (Å²) in [5.41, 5.74) is 1.20. The Bertz CT molecular complexity index is 1250. The van der Waals surface area contributed by atoms with Gasteiger partial charge in [0.1, 0.15) is 11.8 Å². The Morgan fingerprint density at radius 2 is 1.71 bits per heavy atom. The molecule has 0 bridgehead atoms. The van der Waals surface area contributed by atoms with Crippen molar-refractivity contribution in [3.63, 3.8) is 0 Å². The van der Waals surface area contributed by atoms with E-state index in [1.807, 2.05) is 12.1 Å². The number of benzene rings is 3. The van der Waals surface area contributed by atoms with Gasteiger partial charge in [0.25, 0.3) is 0 Å². The molecule has 1 aliphatic rings. The summed E-state index contributed by atoms with van der Waals surface area (Å²) in [5.74, 6) is -1.92. The predicted molar refractivity (Wildman–Crippen MR) is 136 cm³/mol. The number of halogens is 2. The smallest absolute Gasteiger partial charge is 0.319 e. The normalized spacial score (nSPS) is 15.4. The van der Waals surface area contributed by atoms with Crippen LogP contribution in [0.3, 0.4) is 0 Å². The van der Waals surface area contributed by atoms with Crippen LogP contribution in [0.25, 0.3) is 11.1 Å². The minimum atomic E-state index is -1.08. The molecule has 1 fully saturated rings. The summed E-state index contributed by atoms with van der Waals surface area (Å²) < 4.78 is 35.4. The molecule has 9 heteroatoms. The molecule has 3 amide bonds. The van der Waals surface area contributed by atoms with Gasteiger partial charge in [0.15, 0.2) is 11.6 Å². The van der Waals surface area contributed by atoms with Gasteiger partial charge in [0.2, 0.25) is 5.91 Å². The molecule has 0 aliphatic carbocycles. The third-order valence-electron chi connectivity index (χ3n) is 5.89. The quantitative estimate of drug-likeness (QED) is 0.475. The van der Waals surface area contributed by atoms with Crippen LogP contribution in [0.1, 0.15) is 6.42 Å². The number of rotatable bonds is 6. The molecule has 4 rings (SSSR count). The molecule has 2 N–H and O–H groups in total. The van der Waals surface area contributed by atoms with Gasteiger partial charge in [-0.2, -0.15) is 0 Å². The molecule has 1 heterocycles. The number of ether oxygens (including phenoxy) is 1. The SMILES string of the molecule is COc1ccc(NC(=O)NC2CCN(c3ccc(-c4ccccc4P(C)C)c(F)c3F)C2=O)cc1. The first-order chi connectivity index (χ1) is 16.8. The van der Waals surface area contributed by atoms with Gasteiger partial charge in [0.05, 0.1) is 12.8 Å². The second-order valence-corrected chi connectivity index (χ2v) is 10.6. The Labute approximate surface area is 204 Å². The van der Waals surface area contributed by atoms with E-state index in [-0.39, 0.29) is 24.2 Å². The van der Waals surface area contributed by atoms with Crippen LogP contribution >= 0.6 is 7.92 Å². The number of anilines is 2. The molecule has 1 unspecified atom stereocenters. The molecule has 1 atom stereocenters. The van der Waals surface area contributed by atoms with E-state index in [4.69, 9.17) is 4.74 Å². The predicted octanol–water partition coefficient (Wildman–Crippen LogP) is 4.93. The maximum absolute atomic E-state index is 15.2. The van der Waals surface area contributed by atoms with Crippen LogP contribution in [0.2, 0.25) is 0 Å². The number of nitrogens with one attached hydrogen (secondary N) is 2. The van der Waals surface area contributed by atoms with E-state index in [0.717, 1.165) is 5.30 Å². The van der Waals surface area contributed by atoms with Gasteiger partial charge in [-0.1, -0.05) is 32.2 Å². The lowest BCUT2D eigenvalue weighted by molar-refractivity contribution is -0.118. The molecular weight excluding hydrogens is 471 g/mol. The standard InChI is InChI=1S/C26H26F2N3O3P/c1-34-17-10-8-16(9-11-17)29-26(33)30-20-14-15-31(25(20)32)21-13-12-19(23(27)24(21)28)18-6-4-5-7-22(18)35(2)3/h4-13,20H,14-15H2,1-3H3,(H2,29,30,33). The number of carbonyl (C=O) groups is 2. The summed E-state index contributed by atoms with van der Waals surface area (Å²) in [7, 11) is 1.01. The molecule has 0 spiro atoms. The van der Waals surface area contributed by atoms with Crippen molar-refractivity contribution in [3.8, 4) is 16.9 Å². The van der Waals surface area contributed by atoms with E-state index in [1.54, 1.807) is 43.5 Å². The molecule has 3 aromatic carbocycles. The molecule has 182 valence electrons. The lowest BCUT2D eigenvalue weighted by Gasteiger charge is -2.20. The third-order valence-corrected chi connectivity index (χ3v) is 7.24. The van der Waals surface area contributed by atoms with Crippen LogP contribution in [0.15, 0.2) is 60.7 Å². The summed E-state index contributed by atoms with van der Waals surface area (Å²) in [6.45, 7) is 4.27. The average Bonchev–Trinajstić information content (AvgIpc) is 3.20. The van der Waals surface area contributed by atoms with Crippen molar-refractivity contribution in [2.45, 2.75) is 12.5 Å². The molecule has 0 aromatic heterocycles. The van der Waals surface area contributed by atoms with E-state index < -0.39 is 37.5 Å². The van der Waals surface area contributed by atoms with Crippen molar-refractivity contribution in [2.24, 2.45) is 0 Å². The number of hydrogen-bond acceptors (Lipinski definition) is 3. The fraction of sp³-hybridized carbons (Fsp3) is 0.231. The van der Waals surface area contributed by atoms with Crippen molar-refractivity contribution in [3.05, 3.63) is 72.3 Å². The Balaban J connectivity index is 1.49. The van der Waals surface area contributed by atoms with Crippen LogP contribution < -0.4 is 25.6 Å². The molecule has 0 radical (unpaired) electrons. The number of amides is 3. The summed E-state index contributed by atoms with van der Waals surface area (Å²) in [6, 6.07) is 15.6. The molecular formula is C26H26F2N3O3P. The van der Waals surface area contributed by atoms with Crippen molar-refractivity contribution in [1.29, 1.82) is 0 Å². The van der Waals surface area contributed by atoms with Gasteiger partial charge in [-0.3, -0.25) is 4.79 Å². The van der Waals surface area contributed by atoms with Gasteiger partial charge < -0.3 is 20.3 Å².